The van der Waals surface area contributed by atoms with Gasteiger partial charge in [0.25, 0.3) is 0 Å². The van der Waals surface area contributed by atoms with Crippen molar-refractivity contribution in [2.24, 2.45) is 5.73 Å². The van der Waals surface area contributed by atoms with Crippen LogP contribution in [0.4, 0.5) is 0 Å². The van der Waals surface area contributed by atoms with Crippen molar-refractivity contribution in [3.63, 3.8) is 0 Å². The monoisotopic (exact) mass is 248 g/mol. The Hall–Kier alpha value is -1.06. The van der Waals surface area contributed by atoms with Crippen molar-refractivity contribution < 1.29 is 4.74 Å². The van der Waals surface area contributed by atoms with Crippen LogP contribution < -0.4 is 10.5 Å². The van der Waals surface area contributed by atoms with Crippen LogP contribution in [0, 0.1) is 0 Å². The Kier molecular flexibility index (Phi) is 4.25. The summed E-state index contributed by atoms with van der Waals surface area (Å²) < 4.78 is 5.58. The normalized spacial score (nSPS) is 24.7. The fraction of sp³-hybridized carbons (Fsp3) is 0.600. The highest BCUT2D eigenvalue weighted by molar-refractivity contribution is 5.32. The van der Waals surface area contributed by atoms with E-state index < -0.39 is 0 Å². The standard InChI is InChI=1S/C15H24N2O/c1-4-18-13-7-5-6-12(10-13)15-14(16)8-9-17(15)11(2)3/h5-7,10-11,14-15H,4,8-9,16H2,1-3H3. The molecule has 1 aliphatic heterocycles. The molecule has 3 nitrogen and oxygen atoms in total. The third-order valence-electron chi connectivity index (χ3n) is 3.66. The lowest BCUT2D eigenvalue weighted by Gasteiger charge is -2.30. The summed E-state index contributed by atoms with van der Waals surface area (Å²) in [5, 5.41) is 0. The Bertz CT molecular complexity index is 392. The molecular weight excluding hydrogens is 224 g/mol. The first kappa shape index (κ1) is 13.4. The Labute approximate surface area is 110 Å². The largest absolute Gasteiger partial charge is 0.494 e. The molecule has 0 spiro atoms. The smallest absolute Gasteiger partial charge is 0.119 e. The first-order chi connectivity index (χ1) is 8.63. The zero-order valence-electron chi connectivity index (χ0n) is 11.6. The van der Waals surface area contributed by atoms with Gasteiger partial charge in [0.1, 0.15) is 5.75 Å². The van der Waals surface area contributed by atoms with E-state index in [9.17, 15) is 0 Å². The van der Waals surface area contributed by atoms with E-state index in [4.69, 9.17) is 10.5 Å². The van der Waals surface area contributed by atoms with Crippen molar-refractivity contribution in [3.8, 4) is 5.75 Å². The van der Waals surface area contributed by atoms with Crippen LogP contribution in [-0.4, -0.2) is 30.1 Å². The molecule has 2 N–H and O–H groups in total. The lowest BCUT2D eigenvalue weighted by Crippen LogP contribution is -2.35. The van der Waals surface area contributed by atoms with E-state index in [-0.39, 0.29) is 6.04 Å². The summed E-state index contributed by atoms with van der Waals surface area (Å²) in [7, 11) is 0. The molecule has 0 aliphatic carbocycles. The highest BCUT2D eigenvalue weighted by Gasteiger charge is 2.34. The van der Waals surface area contributed by atoms with Gasteiger partial charge in [0.2, 0.25) is 0 Å². The zero-order valence-corrected chi connectivity index (χ0v) is 11.6. The van der Waals surface area contributed by atoms with Gasteiger partial charge in [-0.25, -0.2) is 0 Å². The average Bonchev–Trinajstić information content (AvgIpc) is 2.72. The van der Waals surface area contributed by atoms with Crippen LogP contribution in [0.3, 0.4) is 0 Å². The Morgan fingerprint density at radius 2 is 2.22 bits per heavy atom. The maximum atomic E-state index is 6.28. The van der Waals surface area contributed by atoms with E-state index in [2.05, 4.69) is 36.9 Å². The van der Waals surface area contributed by atoms with Gasteiger partial charge in [-0.2, -0.15) is 0 Å². The van der Waals surface area contributed by atoms with Crippen molar-refractivity contribution >= 4 is 0 Å². The number of ether oxygens (including phenoxy) is 1. The second kappa shape index (κ2) is 5.72. The van der Waals surface area contributed by atoms with E-state index in [1.807, 2.05) is 13.0 Å². The molecule has 2 unspecified atom stereocenters. The molecule has 1 aliphatic rings. The number of nitrogens with two attached hydrogens (primary N) is 1. The van der Waals surface area contributed by atoms with Crippen LogP contribution in [0.5, 0.6) is 5.75 Å². The molecule has 100 valence electrons. The highest BCUT2D eigenvalue weighted by atomic mass is 16.5. The molecular formula is C15H24N2O. The second-order valence-corrected chi connectivity index (χ2v) is 5.23. The summed E-state index contributed by atoms with van der Waals surface area (Å²) in [6, 6.07) is 9.44. The van der Waals surface area contributed by atoms with Gasteiger partial charge in [-0.1, -0.05) is 12.1 Å². The second-order valence-electron chi connectivity index (χ2n) is 5.23. The average molecular weight is 248 g/mol. The summed E-state index contributed by atoms with van der Waals surface area (Å²) in [5.74, 6) is 0.942. The van der Waals surface area contributed by atoms with Crippen LogP contribution in [0.25, 0.3) is 0 Å². The van der Waals surface area contributed by atoms with Gasteiger partial charge in [0.05, 0.1) is 12.6 Å². The van der Waals surface area contributed by atoms with Gasteiger partial charge >= 0.3 is 0 Å². The van der Waals surface area contributed by atoms with Crippen molar-refractivity contribution in [3.05, 3.63) is 29.8 Å². The molecule has 0 amide bonds. The molecule has 3 heteroatoms. The fourth-order valence-corrected chi connectivity index (χ4v) is 2.81. The summed E-state index contributed by atoms with van der Waals surface area (Å²) in [5.41, 5.74) is 7.56. The topological polar surface area (TPSA) is 38.5 Å². The number of hydrogen-bond donors (Lipinski definition) is 1. The minimum atomic E-state index is 0.226. The summed E-state index contributed by atoms with van der Waals surface area (Å²) in [4.78, 5) is 2.48. The lowest BCUT2D eigenvalue weighted by molar-refractivity contribution is 0.198. The van der Waals surface area contributed by atoms with Gasteiger partial charge in [-0.15, -0.1) is 0 Å². The van der Waals surface area contributed by atoms with Gasteiger partial charge in [0.15, 0.2) is 0 Å². The molecule has 0 saturated carbocycles. The van der Waals surface area contributed by atoms with Gasteiger partial charge in [-0.3, -0.25) is 4.90 Å². The Morgan fingerprint density at radius 3 is 2.89 bits per heavy atom. The SMILES string of the molecule is CCOc1cccc(C2C(N)CCN2C(C)C)c1. The first-order valence-electron chi connectivity index (χ1n) is 6.87. The number of likely N-dealkylation sites (tertiary alicyclic amines) is 1. The van der Waals surface area contributed by atoms with Crippen LogP contribution >= 0.6 is 0 Å². The number of benzene rings is 1. The molecule has 1 aromatic carbocycles. The third kappa shape index (κ3) is 2.68. The molecule has 1 heterocycles. The molecule has 0 aromatic heterocycles. The molecule has 2 atom stereocenters. The van der Waals surface area contributed by atoms with E-state index in [1.165, 1.54) is 5.56 Å². The number of rotatable bonds is 4. The molecule has 2 rings (SSSR count). The molecule has 0 radical (unpaired) electrons. The van der Waals surface area contributed by atoms with Crippen molar-refractivity contribution in [1.29, 1.82) is 0 Å². The summed E-state index contributed by atoms with van der Waals surface area (Å²) >= 11 is 0. The molecule has 1 aromatic rings. The highest BCUT2D eigenvalue weighted by Crippen LogP contribution is 2.34. The minimum Gasteiger partial charge on any atom is -0.494 e. The fourth-order valence-electron chi connectivity index (χ4n) is 2.81. The lowest BCUT2D eigenvalue weighted by atomic mass is 10.00. The minimum absolute atomic E-state index is 0.226. The maximum absolute atomic E-state index is 6.28. The molecule has 18 heavy (non-hydrogen) atoms. The summed E-state index contributed by atoms with van der Waals surface area (Å²) in [6.07, 6.45) is 1.07. The van der Waals surface area contributed by atoms with Crippen molar-refractivity contribution in [2.75, 3.05) is 13.2 Å². The predicted octanol–water partition coefficient (Wildman–Crippen LogP) is 2.57. The summed E-state index contributed by atoms with van der Waals surface area (Å²) in [6.45, 7) is 8.26. The number of nitrogens with zero attached hydrogens (tertiary/aromatic N) is 1. The van der Waals surface area contributed by atoms with E-state index in [1.54, 1.807) is 0 Å². The first-order valence-corrected chi connectivity index (χ1v) is 6.87. The van der Waals surface area contributed by atoms with Gasteiger partial charge in [-0.05, 0) is 44.9 Å². The predicted molar refractivity (Wildman–Crippen MR) is 74.8 cm³/mol. The van der Waals surface area contributed by atoms with Crippen molar-refractivity contribution in [2.45, 2.75) is 45.3 Å². The number of hydrogen-bond acceptors (Lipinski definition) is 3. The van der Waals surface area contributed by atoms with Crippen LogP contribution in [-0.2, 0) is 0 Å². The quantitative estimate of drug-likeness (QED) is 0.890. The van der Waals surface area contributed by atoms with Crippen LogP contribution in [0.15, 0.2) is 24.3 Å². The van der Waals surface area contributed by atoms with E-state index >= 15 is 0 Å². The van der Waals surface area contributed by atoms with Gasteiger partial charge in [0, 0.05) is 18.6 Å². The molecule has 0 bridgehead atoms. The van der Waals surface area contributed by atoms with Crippen LogP contribution in [0.2, 0.25) is 0 Å². The van der Waals surface area contributed by atoms with E-state index in [0.717, 1.165) is 18.7 Å². The molecule has 1 fully saturated rings. The van der Waals surface area contributed by atoms with Crippen LogP contribution in [0.1, 0.15) is 38.8 Å². The zero-order chi connectivity index (χ0) is 13.1. The van der Waals surface area contributed by atoms with Gasteiger partial charge < -0.3 is 10.5 Å². The van der Waals surface area contributed by atoms with Crippen molar-refractivity contribution in [1.82, 2.24) is 4.90 Å². The Morgan fingerprint density at radius 1 is 1.44 bits per heavy atom. The third-order valence-corrected chi connectivity index (χ3v) is 3.66. The maximum Gasteiger partial charge on any atom is 0.119 e. The molecule has 1 saturated heterocycles. The Balaban J connectivity index is 2.25. The van der Waals surface area contributed by atoms with E-state index in [0.29, 0.717) is 18.7 Å².